The molecule has 6 rings (SSSR count). The van der Waals surface area contributed by atoms with Gasteiger partial charge in [-0.25, -0.2) is 4.79 Å². The average molecular weight is 477 g/mol. The van der Waals surface area contributed by atoms with Crippen molar-refractivity contribution in [3.05, 3.63) is 70.4 Å². The third kappa shape index (κ3) is 3.81. The monoisotopic (exact) mass is 476 g/mol. The second-order valence-electron chi connectivity index (χ2n) is 9.36. The summed E-state index contributed by atoms with van der Waals surface area (Å²) in [6, 6.07) is 13.5. The average Bonchev–Trinajstić information content (AvgIpc) is 3.58. The number of fused-ring (bicyclic) bond motifs is 2. The highest BCUT2D eigenvalue weighted by Gasteiger charge is 2.39. The summed E-state index contributed by atoms with van der Waals surface area (Å²) in [4.78, 5) is 31.8. The van der Waals surface area contributed by atoms with Crippen LogP contribution < -0.4 is 0 Å². The number of aromatic nitrogens is 3. The fourth-order valence-corrected chi connectivity index (χ4v) is 5.50. The van der Waals surface area contributed by atoms with Gasteiger partial charge in [-0.15, -0.1) is 0 Å². The number of amides is 3. The number of benzene rings is 2. The Morgan fingerprint density at radius 2 is 1.68 bits per heavy atom. The van der Waals surface area contributed by atoms with Gasteiger partial charge in [-0.1, -0.05) is 23.7 Å². The van der Waals surface area contributed by atoms with E-state index in [1.165, 1.54) is 5.56 Å². The standard InChI is InChI=1S/C25H25ClN6O2/c26-21-4-1-16(2-5-21)17-7-9-30(10-8-17)25(34)32-14-19-12-31(13-20(19)15-32)24(33)18-3-6-22-23(11-18)28-29-27-22/h1-6,11,14,17,20H,7-10,12-13,15H2,(H,27,28,29)/t20-/m0/s1. The van der Waals surface area contributed by atoms with E-state index in [4.69, 9.17) is 11.6 Å². The number of hydrogen-bond acceptors (Lipinski definition) is 4. The van der Waals surface area contributed by atoms with Gasteiger partial charge < -0.3 is 14.7 Å². The van der Waals surface area contributed by atoms with E-state index in [2.05, 4.69) is 27.5 Å². The number of likely N-dealkylation sites (tertiary alicyclic amines) is 2. The topological polar surface area (TPSA) is 85.4 Å². The molecule has 3 aliphatic rings. The quantitative estimate of drug-likeness (QED) is 0.608. The van der Waals surface area contributed by atoms with Gasteiger partial charge in [0.15, 0.2) is 0 Å². The summed E-state index contributed by atoms with van der Waals surface area (Å²) < 4.78 is 0. The molecule has 174 valence electrons. The number of hydrogen-bond donors (Lipinski definition) is 1. The zero-order valence-electron chi connectivity index (χ0n) is 18.7. The lowest BCUT2D eigenvalue weighted by Gasteiger charge is -2.34. The van der Waals surface area contributed by atoms with Gasteiger partial charge in [0.05, 0.1) is 0 Å². The van der Waals surface area contributed by atoms with E-state index >= 15 is 0 Å². The minimum atomic E-state index is -0.0117. The number of H-pyrrole nitrogens is 1. The third-order valence-electron chi connectivity index (χ3n) is 7.28. The van der Waals surface area contributed by atoms with Crippen molar-refractivity contribution in [2.24, 2.45) is 5.92 Å². The minimum Gasteiger partial charge on any atom is -0.334 e. The first-order valence-electron chi connectivity index (χ1n) is 11.7. The Kier molecular flexibility index (Phi) is 5.25. The Morgan fingerprint density at radius 1 is 0.912 bits per heavy atom. The fourth-order valence-electron chi connectivity index (χ4n) is 5.37. The Labute approximate surface area is 202 Å². The van der Waals surface area contributed by atoms with Gasteiger partial charge in [-0.2, -0.15) is 15.4 Å². The lowest BCUT2D eigenvalue weighted by molar-refractivity contribution is 0.0785. The van der Waals surface area contributed by atoms with E-state index in [0.717, 1.165) is 42.0 Å². The number of rotatable bonds is 2. The highest BCUT2D eigenvalue weighted by atomic mass is 35.5. The molecule has 0 spiro atoms. The van der Waals surface area contributed by atoms with Crippen LogP contribution in [-0.2, 0) is 0 Å². The van der Waals surface area contributed by atoms with Gasteiger partial charge in [0, 0.05) is 55.4 Å². The van der Waals surface area contributed by atoms with Crippen LogP contribution in [0.5, 0.6) is 0 Å². The number of carbonyl (C=O) groups excluding carboxylic acids is 2. The van der Waals surface area contributed by atoms with E-state index in [9.17, 15) is 9.59 Å². The molecule has 2 fully saturated rings. The van der Waals surface area contributed by atoms with Crippen molar-refractivity contribution in [1.82, 2.24) is 30.1 Å². The highest BCUT2D eigenvalue weighted by molar-refractivity contribution is 6.30. The predicted molar refractivity (Wildman–Crippen MR) is 128 cm³/mol. The van der Waals surface area contributed by atoms with Gasteiger partial charge >= 0.3 is 6.03 Å². The third-order valence-corrected chi connectivity index (χ3v) is 7.53. The molecule has 0 bridgehead atoms. The van der Waals surface area contributed by atoms with Crippen molar-refractivity contribution in [2.45, 2.75) is 18.8 Å². The van der Waals surface area contributed by atoms with Crippen molar-refractivity contribution < 1.29 is 9.59 Å². The molecule has 34 heavy (non-hydrogen) atoms. The molecular formula is C25H25ClN6O2. The van der Waals surface area contributed by atoms with Crippen molar-refractivity contribution in [2.75, 3.05) is 32.7 Å². The molecule has 8 nitrogen and oxygen atoms in total. The van der Waals surface area contributed by atoms with Crippen LogP contribution in [0.3, 0.4) is 0 Å². The van der Waals surface area contributed by atoms with E-state index in [0.29, 0.717) is 36.6 Å². The minimum absolute atomic E-state index is 0.0117. The molecule has 0 saturated carbocycles. The van der Waals surface area contributed by atoms with Crippen molar-refractivity contribution >= 4 is 34.6 Å². The number of piperidine rings is 1. The maximum Gasteiger partial charge on any atom is 0.324 e. The summed E-state index contributed by atoms with van der Waals surface area (Å²) in [5.74, 6) is 0.659. The summed E-state index contributed by atoms with van der Waals surface area (Å²) in [6.07, 6.45) is 3.88. The number of nitrogens with zero attached hydrogens (tertiary/aromatic N) is 5. The first kappa shape index (κ1) is 21.2. The lowest BCUT2D eigenvalue weighted by atomic mass is 9.89. The van der Waals surface area contributed by atoms with Gasteiger partial charge in [0.25, 0.3) is 5.91 Å². The summed E-state index contributed by atoms with van der Waals surface area (Å²) in [7, 11) is 0. The van der Waals surface area contributed by atoms with E-state index in [1.807, 2.05) is 33.0 Å². The fraction of sp³-hybridized carbons (Fsp3) is 0.360. The highest BCUT2D eigenvalue weighted by Crippen LogP contribution is 2.33. The first-order valence-corrected chi connectivity index (χ1v) is 12.0. The molecule has 1 atom stereocenters. The van der Waals surface area contributed by atoms with Crippen LogP contribution in [-0.4, -0.2) is 74.8 Å². The van der Waals surface area contributed by atoms with Crippen LogP contribution in [0.15, 0.2) is 54.2 Å². The second-order valence-corrected chi connectivity index (χ2v) is 9.80. The number of halogens is 1. The Bertz CT molecular complexity index is 1280. The number of aromatic amines is 1. The molecule has 1 aromatic heterocycles. The Hall–Kier alpha value is -3.39. The lowest BCUT2D eigenvalue weighted by Crippen LogP contribution is -2.45. The summed E-state index contributed by atoms with van der Waals surface area (Å²) in [5.41, 5.74) is 4.48. The zero-order chi connectivity index (χ0) is 23.2. The van der Waals surface area contributed by atoms with Crippen molar-refractivity contribution in [3.8, 4) is 0 Å². The number of urea groups is 1. The van der Waals surface area contributed by atoms with Gasteiger partial charge in [-0.05, 0) is 60.2 Å². The molecular weight excluding hydrogens is 452 g/mol. The first-order chi connectivity index (χ1) is 16.5. The second kappa shape index (κ2) is 8.43. The van der Waals surface area contributed by atoms with Gasteiger partial charge in [-0.3, -0.25) is 4.79 Å². The zero-order valence-corrected chi connectivity index (χ0v) is 19.4. The van der Waals surface area contributed by atoms with E-state index < -0.39 is 0 Å². The summed E-state index contributed by atoms with van der Waals surface area (Å²) in [6.45, 7) is 3.33. The summed E-state index contributed by atoms with van der Waals surface area (Å²) in [5, 5.41) is 11.4. The van der Waals surface area contributed by atoms with Crippen LogP contribution >= 0.6 is 11.6 Å². The van der Waals surface area contributed by atoms with Crippen molar-refractivity contribution in [1.29, 1.82) is 0 Å². The van der Waals surface area contributed by atoms with Crippen LogP contribution in [0.1, 0.15) is 34.7 Å². The molecule has 0 radical (unpaired) electrons. The van der Waals surface area contributed by atoms with E-state index in [1.54, 1.807) is 18.2 Å². The number of nitrogens with one attached hydrogen (secondary N) is 1. The normalized spacial score (nSPS) is 20.7. The molecule has 9 heteroatoms. The van der Waals surface area contributed by atoms with E-state index in [-0.39, 0.29) is 17.9 Å². The maximum absolute atomic E-state index is 13.1. The molecule has 0 unspecified atom stereocenters. The van der Waals surface area contributed by atoms with Gasteiger partial charge in [0.2, 0.25) is 0 Å². The largest absolute Gasteiger partial charge is 0.334 e. The Balaban J connectivity index is 1.06. The Morgan fingerprint density at radius 3 is 2.44 bits per heavy atom. The molecule has 4 heterocycles. The maximum atomic E-state index is 13.1. The van der Waals surface area contributed by atoms with Crippen LogP contribution in [0.4, 0.5) is 4.79 Å². The molecule has 1 N–H and O–H groups in total. The summed E-state index contributed by atoms with van der Waals surface area (Å²) >= 11 is 6.01. The number of carbonyl (C=O) groups is 2. The molecule has 2 saturated heterocycles. The van der Waals surface area contributed by atoms with Crippen molar-refractivity contribution in [3.63, 3.8) is 0 Å². The molecule has 2 aromatic carbocycles. The smallest absolute Gasteiger partial charge is 0.324 e. The SMILES string of the molecule is O=C(c1ccc2n[nH]nc2c1)N1CC2=CN(C(=O)N3CCC(c4ccc(Cl)cc4)CC3)C[C@@H]2C1. The predicted octanol–water partition coefficient (Wildman–Crippen LogP) is 3.88. The van der Waals surface area contributed by atoms with Gasteiger partial charge in [0.1, 0.15) is 11.0 Å². The van der Waals surface area contributed by atoms with Crippen LogP contribution in [0.2, 0.25) is 5.02 Å². The molecule has 0 aliphatic carbocycles. The van der Waals surface area contributed by atoms with Crippen LogP contribution in [0.25, 0.3) is 11.0 Å². The molecule has 3 aromatic rings. The molecule has 3 aliphatic heterocycles. The molecule has 3 amide bonds. The van der Waals surface area contributed by atoms with Crippen LogP contribution in [0, 0.1) is 5.92 Å².